The van der Waals surface area contributed by atoms with Crippen molar-refractivity contribution in [3.63, 3.8) is 0 Å². The molecule has 0 bridgehead atoms. The molecule has 1 heterocycles. The fourth-order valence-corrected chi connectivity index (χ4v) is 2.38. The van der Waals surface area contributed by atoms with Gasteiger partial charge in [-0.25, -0.2) is 14.1 Å². The molecule has 1 amide bonds. The highest BCUT2D eigenvalue weighted by molar-refractivity contribution is 5.94. The Morgan fingerprint density at radius 3 is 2.90 bits per heavy atom. The van der Waals surface area contributed by atoms with E-state index in [1.807, 2.05) is 4.68 Å². The largest absolute Gasteiger partial charge is 0.349 e. The molecule has 0 radical (unpaired) electrons. The van der Waals surface area contributed by atoms with Crippen LogP contribution in [0.2, 0.25) is 0 Å². The Labute approximate surface area is 115 Å². The lowest BCUT2D eigenvalue weighted by Gasteiger charge is -2.35. The van der Waals surface area contributed by atoms with Crippen molar-refractivity contribution in [3.05, 3.63) is 47.8 Å². The molecule has 0 atom stereocenters. The molecule has 1 aromatic carbocycles. The Morgan fingerprint density at radius 1 is 1.45 bits per heavy atom. The van der Waals surface area contributed by atoms with Crippen molar-refractivity contribution < 1.29 is 9.18 Å². The maximum absolute atomic E-state index is 13.2. The van der Waals surface area contributed by atoms with Crippen LogP contribution in [0.1, 0.15) is 34.8 Å². The zero-order valence-corrected chi connectivity index (χ0v) is 11.1. The van der Waals surface area contributed by atoms with Crippen LogP contribution in [-0.4, -0.2) is 26.7 Å². The van der Waals surface area contributed by atoms with Crippen LogP contribution >= 0.6 is 0 Å². The minimum atomic E-state index is -0.295. The number of aryl methyl sites for hydroxylation is 1. The number of benzene rings is 1. The van der Waals surface area contributed by atoms with E-state index in [1.54, 1.807) is 19.3 Å². The van der Waals surface area contributed by atoms with Gasteiger partial charge in [0.1, 0.15) is 18.5 Å². The monoisotopic (exact) mass is 274 g/mol. The van der Waals surface area contributed by atoms with Crippen LogP contribution in [-0.2, 0) is 0 Å². The van der Waals surface area contributed by atoms with E-state index in [9.17, 15) is 9.18 Å². The van der Waals surface area contributed by atoms with Gasteiger partial charge in [-0.1, -0.05) is 0 Å². The molecule has 0 spiro atoms. The van der Waals surface area contributed by atoms with Crippen molar-refractivity contribution >= 4 is 5.91 Å². The molecule has 1 saturated carbocycles. The van der Waals surface area contributed by atoms with Crippen molar-refractivity contribution in [1.29, 1.82) is 0 Å². The molecule has 1 aliphatic carbocycles. The number of nitrogens with zero attached hydrogens (tertiary/aromatic N) is 3. The molecule has 2 aromatic rings. The standard InChI is InChI=1S/C14H15FN4O/c1-9-4-10(2-3-13(9)15)14(20)18-11-5-12(6-11)19-8-16-7-17-19/h2-4,7-8,11-12H,5-6H2,1H3,(H,18,20). The van der Waals surface area contributed by atoms with Gasteiger partial charge in [0.15, 0.2) is 0 Å². The Morgan fingerprint density at radius 2 is 2.25 bits per heavy atom. The lowest BCUT2D eigenvalue weighted by Crippen LogP contribution is -2.45. The lowest BCUT2D eigenvalue weighted by molar-refractivity contribution is 0.0888. The van der Waals surface area contributed by atoms with Gasteiger partial charge in [0.05, 0.1) is 6.04 Å². The Bertz CT molecular complexity index is 620. The maximum atomic E-state index is 13.2. The molecule has 104 valence electrons. The first-order valence-electron chi connectivity index (χ1n) is 6.54. The molecular formula is C14H15FN4O. The summed E-state index contributed by atoms with van der Waals surface area (Å²) in [6.45, 7) is 1.65. The summed E-state index contributed by atoms with van der Waals surface area (Å²) in [5.74, 6) is -0.452. The highest BCUT2D eigenvalue weighted by Crippen LogP contribution is 2.31. The molecule has 1 N–H and O–H groups in total. The Hall–Kier alpha value is -2.24. The van der Waals surface area contributed by atoms with E-state index in [2.05, 4.69) is 15.4 Å². The Kier molecular flexibility index (Phi) is 3.22. The molecule has 3 rings (SSSR count). The van der Waals surface area contributed by atoms with Crippen LogP contribution in [0.5, 0.6) is 0 Å². The predicted molar refractivity (Wildman–Crippen MR) is 70.7 cm³/mol. The van der Waals surface area contributed by atoms with Crippen molar-refractivity contribution in [3.8, 4) is 0 Å². The van der Waals surface area contributed by atoms with Gasteiger partial charge < -0.3 is 5.32 Å². The van der Waals surface area contributed by atoms with E-state index in [1.165, 1.54) is 18.5 Å². The number of halogens is 1. The normalized spacial score (nSPS) is 21.3. The summed E-state index contributed by atoms with van der Waals surface area (Å²) in [6.07, 6.45) is 4.88. The van der Waals surface area contributed by atoms with Gasteiger partial charge in [-0.05, 0) is 43.5 Å². The first kappa shape index (κ1) is 12.8. The van der Waals surface area contributed by atoms with Crippen LogP contribution < -0.4 is 5.32 Å². The van der Waals surface area contributed by atoms with Crippen molar-refractivity contribution in [1.82, 2.24) is 20.1 Å². The fourth-order valence-electron chi connectivity index (χ4n) is 2.38. The number of aromatic nitrogens is 3. The zero-order chi connectivity index (χ0) is 14.1. The third-order valence-electron chi connectivity index (χ3n) is 3.68. The van der Waals surface area contributed by atoms with Gasteiger partial charge in [-0.15, -0.1) is 0 Å². The minimum absolute atomic E-state index is 0.141. The third-order valence-corrected chi connectivity index (χ3v) is 3.68. The summed E-state index contributed by atoms with van der Waals surface area (Å²) in [5.41, 5.74) is 0.972. The molecule has 0 unspecified atom stereocenters. The summed E-state index contributed by atoms with van der Waals surface area (Å²) >= 11 is 0. The molecule has 0 aliphatic heterocycles. The summed E-state index contributed by atoms with van der Waals surface area (Å²) in [4.78, 5) is 15.9. The van der Waals surface area contributed by atoms with Gasteiger partial charge >= 0.3 is 0 Å². The van der Waals surface area contributed by atoms with Crippen LogP contribution in [0.3, 0.4) is 0 Å². The summed E-state index contributed by atoms with van der Waals surface area (Å²) < 4.78 is 15.0. The van der Waals surface area contributed by atoms with E-state index in [0.29, 0.717) is 17.2 Å². The molecule has 1 fully saturated rings. The van der Waals surface area contributed by atoms with E-state index in [-0.39, 0.29) is 17.8 Å². The number of nitrogens with one attached hydrogen (secondary N) is 1. The SMILES string of the molecule is Cc1cc(C(=O)NC2CC(n3cncn3)C2)ccc1F. The van der Waals surface area contributed by atoms with Crippen molar-refractivity contribution in [2.45, 2.75) is 31.8 Å². The molecule has 5 nitrogen and oxygen atoms in total. The number of carbonyl (C=O) groups excluding carboxylic acids is 1. The number of hydrogen-bond acceptors (Lipinski definition) is 3. The summed E-state index contributed by atoms with van der Waals surface area (Å²) in [7, 11) is 0. The molecule has 6 heteroatoms. The van der Waals surface area contributed by atoms with Gasteiger partial charge in [-0.2, -0.15) is 5.10 Å². The van der Waals surface area contributed by atoms with Crippen LogP contribution in [0.4, 0.5) is 4.39 Å². The highest BCUT2D eigenvalue weighted by Gasteiger charge is 2.32. The van der Waals surface area contributed by atoms with Crippen LogP contribution in [0.25, 0.3) is 0 Å². The first-order valence-corrected chi connectivity index (χ1v) is 6.54. The first-order chi connectivity index (χ1) is 9.63. The van der Waals surface area contributed by atoms with E-state index in [4.69, 9.17) is 0 Å². The number of amides is 1. The van der Waals surface area contributed by atoms with Crippen LogP contribution in [0.15, 0.2) is 30.9 Å². The van der Waals surface area contributed by atoms with E-state index >= 15 is 0 Å². The number of carbonyl (C=O) groups is 1. The second-order valence-corrected chi connectivity index (χ2v) is 5.14. The van der Waals surface area contributed by atoms with Gasteiger partial charge in [0.25, 0.3) is 5.91 Å². The molecule has 20 heavy (non-hydrogen) atoms. The predicted octanol–water partition coefficient (Wildman–Crippen LogP) is 1.86. The second kappa shape index (κ2) is 5.03. The van der Waals surface area contributed by atoms with Gasteiger partial charge in [0.2, 0.25) is 0 Å². The average molecular weight is 274 g/mol. The topological polar surface area (TPSA) is 59.8 Å². The van der Waals surface area contributed by atoms with E-state index < -0.39 is 0 Å². The van der Waals surface area contributed by atoms with Gasteiger partial charge in [-0.3, -0.25) is 4.79 Å². The van der Waals surface area contributed by atoms with Crippen LogP contribution in [0, 0.1) is 12.7 Å². The highest BCUT2D eigenvalue weighted by atomic mass is 19.1. The minimum Gasteiger partial charge on any atom is -0.349 e. The number of rotatable bonds is 3. The zero-order valence-electron chi connectivity index (χ0n) is 11.1. The molecule has 0 saturated heterocycles. The van der Waals surface area contributed by atoms with E-state index in [0.717, 1.165) is 12.8 Å². The molecular weight excluding hydrogens is 259 g/mol. The maximum Gasteiger partial charge on any atom is 0.251 e. The molecule has 1 aliphatic rings. The van der Waals surface area contributed by atoms with Gasteiger partial charge in [0, 0.05) is 11.6 Å². The third kappa shape index (κ3) is 2.41. The lowest BCUT2D eigenvalue weighted by atomic mass is 9.86. The van der Waals surface area contributed by atoms with Crippen molar-refractivity contribution in [2.24, 2.45) is 0 Å². The van der Waals surface area contributed by atoms with Crippen molar-refractivity contribution in [2.75, 3.05) is 0 Å². The Balaban J connectivity index is 1.57. The average Bonchev–Trinajstić information content (AvgIpc) is 2.89. The number of hydrogen-bond donors (Lipinski definition) is 1. The molecule has 1 aromatic heterocycles. The fraction of sp³-hybridized carbons (Fsp3) is 0.357. The summed E-state index contributed by atoms with van der Waals surface area (Å²) in [5, 5.41) is 7.03. The summed E-state index contributed by atoms with van der Waals surface area (Å²) in [6, 6.07) is 4.84. The smallest absolute Gasteiger partial charge is 0.251 e. The second-order valence-electron chi connectivity index (χ2n) is 5.14. The quantitative estimate of drug-likeness (QED) is 0.929.